The van der Waals surface area contributed by atoms with Crippen LogP contribution in [0.2, 0.25) is 18.1 Å². The fourth-order valence-electron chi connectivity index (χ4n) is 2.74. The fraction of sp³-hybridized carbons (Fsp3) is 1.00. The Morgan fingerprint density at radius 3 is 1.50 bits per heavy atom. The van der Waals surface area contributed by atoms with Crippen LogP contribution in [0.25, 0.3) is 0 Å². The van der Waals surface area contributed by atoms with Crippen molar-refractivity contribution in [1.29, 1.82) is 0 Å². The topological polar surface area (TPSA) is 12.0 Å². The normalized spacial score (nSPS) is 12.0. The highest BCUT2D eigenvalue weighted by Gasteiger charge is 2.25. The van der Waals surface area contributed by atoms with Crippen molar-refractivity contribution in [3.63, 3.8) is 0 Å². The van der Waals surface area contributed by atoms with Crippen LogP contribution < -0.4 is 4.98 Å². The molecule has 0 unspecified atom stereocenters. The third-order valence-corrected chi connectivity index (χ3v) is 9.62. The van der Waals surface area contributed by atoms with Gasteiger partial charge in [-0.05, 0) is 31.1 Å². The summed E-state index contributed by atoms with van der Waals surface area (Å²) in [6, 6.07) is 4.20. The number of rotatable bonds is 13. The highest BCUT2D eigenvalue weighted by Crippen LogP contribution is 2.16. The van der Waals surface area contributed by atoms with E-state index in [0.717, 1.165) is 0 Å². The molecule has 0 aromatic carbocycles. The lowest BCUT2D eigenvalue weighted by atomic mass is 10.1. The highest BCUT2D eigenvalue weighted by molar-refractivity contribution is 6.77. The lowest BCUT2D eigenvalue weighted by molar-refractivity contribution is 0.572. The van der Waals surface area contributed by atoms with Crippen LogP contribution >= 0.6 is 0 Å². The van der Waals surface area contributed by atoms with E-state index in [0.29, 0.717) is 0 Å². The quantitative estimate of drug-likeness (QED) is 0.333. The van der Waals surface area contributed by atoms with Crippen LogP contribution in [0.3, 0.4) is 0 Å². The first kappa shape index (κ1) is 18.2. The number of hydrogen-bond donors (Lipinski definition) is 1. The van der Waals surface area contributed by atoms with Crippen molar-refractivity contribution < 1.29 is 0 Å². The molecule has 0 heterocycles. The van der Waals surface area contributed by atoms with Crippen LogP contribution in [-0.2, 0) is 0 Å². The Labute approximate surface area is 117 Å². The zero-order valence-corrected chi connectivity index (χ0v) is 14.5. The van der Waals surface area contributed by atoms with Crippen molar-refractivity contribution in [3.8, 4) is 0 Å². The largest absolute Gasteiger partial charge is 0.337 e. The molecule has 0 aromatic rings. The molecular weight excluding hydrogens is 234 g/mol. The minimum atomic E-state index is -1.05. The van der Waals surface area contributed by atoms with Gasteiger partial charge in [0, 0.05) is 0 Å². The van der Waals surface area contributed by atoms with E-state index in [9.17, 15) is 0 Å². The van der Waals surface area contributed by atoms with Gasteiger partial charge in [0.05, 0.1) is 0 Å². The van der Waals surface area contributed by atoms with Crippen molar-refractivity contribution in [1.82, 2.24) is 4.98 Å². The van der Waals surface area contributed by atoms with E-state index in [-0.39, 0.29) is 0 Å². The molecule has 1 nitrogen and oxygen atoms in total. The molecule has 0 aliphatic heterocycles. The second-order valence-electron chi connectivity index (χ2n) is 5.74. The second-order valence-corrected chi connectivity index (χ2v) is 10.8. The monoisotopic (exact) mass is 271 g/mol. The first-order chi connectivity index (χ1) is 8.74. The van der Waals surface area contributed by atoms with Gasteiger partial charge in [-0.2, -0.15) is 0 Å². The lowest BCUT2D eigenvalue weighted by Gasteiger charge is -2.29. The van der Waals surface area contributed by atoms with Gasteiger partial charge in [-0.25, -0.2) is 0 Å². The average molecular weight is 272 g/mol. The third-order valence-electron chi connectivity index (χ3n) is 4.56. The maximum atomic E-state index is 3.93. The Bertz CT molecular complexity index is 158. The van der Waals surface area contributed by atoms with Crippen molar-refractivity contribution in [2.75, 3.05) is 6.54 Å². The summed E-state index contributed by atoms with van der Waals surface area (Å²) in [5, 5.41) is 0. The molecule has 0 aliphatic carbocycles. The van der Waals surface area contributed by atoms with E-state index in [1.165, 1.54) is 76.0 Å². The summed E-state index contributed by atoms with van der Waals surface area (Å²) in [7, 11) is -1.05. The summed E-state index contributed by atoms with van der Waals surface area (Å²) < 4.78 is 0. The molecule has 0 fully saturated rings. The van der Waals surface area contributed by atoms with Gasteiger partial charge < -0.3 is 4.98 Å². The smallest absolute Gasteiger partial charge is 0.124 e. The Morgan fingerprint density at radius 1 is 0.611 bits per heavy atom. The predicted octanol–water partition coefficient (Wildman–Crippen LogP) is 5.72. The Hall–Kier alpha value is 0.177. The Kier molecular flexibility index (Phi) is 12.3. The van der Waals surface area contributed by atoms with Crippen LogP contribution in [-0.4, -0.2) is 14.8 Å². The molecule has 0 radical (unpaired) electrons. The van der Waals surface area contributed by atoms with Crippen molar-refractivity contribution in [3.05, 3.63) is 0 Å². The van der Waals surface area contributed by atoms with E-state index in [1.54, 1.807) is 0 Å². The van der Waals surface area contributed by atoms with E-state index in [4.69, 9.17) is 0 Å². The molecule has 0 amide bonds. The zero-order valence-electron chi connectivity index (χ0n) is 13.5. The third kappa shape index (κ3) is 8.31. The fourth-order valence-corrected chi connectivity index (χ4v) is 5.69. The molecule has 0 saturated heterocycles. The van der Waals surface area contributed by atoms with Crippen molar-refractivity contribution in [2.24, 2.45) is 0 Å². The van der Waals surface area contributed by atoms with Gasteiger partial charge in [0.2, 0.25) is 0 Å². The highest BCUT2D eigenvalue weighted by atomic mass is 28.3. The van der Waals surface area contributed by atoms with Crippen LogP contribution in [0.5, 0.6) is 0 Å². The molecule has 110 valence electrons. The van der Waals surface area contributed by atoms with Gasteiger partial charge in [-0.3, -0.25) is 0 Å². The standard InChI is InChI=1S/C16H37NSi/c1-5-9-10-11-12-13-14-15-16-17-18(6-2,7-3)8-4/h17H,5-16H2,1-4H3. The van der Waals surface area contributed by atoms with Gasteiger partial charge in [0.15, 0.2) is 0 Å². The predicted molar refractivity (Wildman–Crippen MR) is 87.8 cm³/mol. The summed E-state index contributed by atoms with van der Waals surface area (Å²) in [6.45, 7) is 10.7. The molecule has 1 N–H and O–H groups in total. The number of nitrogens with one attached hydrogen (secondary N) is 1. The molecule has 0 rings (SSSR count). The molecular formula is C16H37NSi. The molecule has 0 aromatic heterocycles. The Morgan fingerprint density at radius 2 is 1.06 bits per heavy atom. The van der Waals surface area contributed by atoms with E-state index < -0.39 is 8.24 Å². The molecule has 0 spiro atoms. The van der Waals surface area contributed by atoms with Crippen molar-refractivity contribution >= 4 is 8.24 Å². The first-order valence-electron chi connectivity index (χ1n) is 8.49. The lowest BCUT2D eigenvalue weighted by Crippen LogP contribution is -2.49. The average Bonchev–Trinajstić information content (AvgIpc) is 2.42. The van der Waals surface area contributed by atoms with Crippen LogP contribution in [0.1, 0.15) is 79.1 Å². The van der Waals surface area contributed by atoms with Gasteiger partial charge >= 0.3 is 0 Å². The zero-order chi connectivity index (χ0) is 13.7. The first-order valence-corrected chi connectivity index (χ1v) is 11.1. The summed E-state index contributed by atoms with van der Waals surface area (Å²) in [5.74, 6) is 0. The van der Waals surface area contributed by atoms with Crippen molar-refractivity contribution in [2.45, 2.75) is 97.2 Å². The minimum absolute atomic E-state index is 1.05. The molecule has 0 bridgehead atoms. The van der Waals surface area contributed by atoms with E-state index >= 15 is 0 Å². The summed E-state index contributed by atoms with van der Waals surface area (Å²) in [5.41, 5.74) is 0. The van der Waals surface area contributed by atoms with E-state index in [2.05, 4.69) is 32.7 Å². The molecule has 0 atom stereocenters. The maximum Gasteiger partial charge on any atom is 0.124 e. The number of unbranched alkanes of at least 4 members (excludes halogenated alkanes) is 7. The minimum Gasteiger partial charge on any atom is -0.337 e. The SMILES string of the molecule is CCCCCCCCCCN[Si](CC)(CC)CC. The molecule has 0 aliphatic rings. The molecule has 0 saturated carbocycles. The summed E-state index contributed by atoms with van der Waals surface area (Å²) in [6.07, 6.45) is 11.4. The molecule has 2 heteroatoms. The van der Waals surface area contributed by atoms with Gasteiger partial charge in [-0.1, -0.05) is 72.6 Å². The maximum absolute atomic E-state index is 3.93. The Balaban J connectivity index is 3.38. The molecule has 18 heavy (non-hydrogen) atoms. The summed E-state index contributed by atoms with van der Waals surface area (Å²) >= 11 is 0. The van der Waals surface area contributed by atoms with Gasteiger partial charge in [-0.15, -0.1) is 0 Å². The summed E-state index contributed by atoms with van der Waals surface area (Å²) in [4.78, 5) is 3.93. The van der Waals surface area contributed by atoms with Gasteiger partial charge in [0.1, 0.15) is 8.24 Å². The number of hydrogen-bond acceptors (Lipinski definition) is 1. The van der Waals surface area contributed by atoms with Crippen LogP contribution in [0.4, 0.5) is 0 Å². The van der Waals surface area contributed by atoms with E-state index in [1.807, 2.05) is 0 Å². The second kappa shape index (κ2) is 12.2. The van der Waals surface area contributed by atoms with Gasteiger partial charge in [0.25, 0.3) is 0 Å². The van der Waals surface area contributed by atoms with Crippen LogP contribution in [0.15, 0.2) is 0 Å². The van der Waals surface area contributed by atoms with Crippen LogP contribution in [0, 0.1) is 0 Å².